The number of halogens is 1. The number of rotatable bonds is 5. The second kappa shape index (κ2) is 7.44. The molecule has 0 unspecified atom stereocenters. The van der Waals surface area contributed by atoms with Crippen LogP contribution in [0.2, 0.25) is 0 Å². The molecule has 5 atom stereocenters. The van der Waals surface area contributed by atoms with Crippen molar-refractivity contribution in [3.8, 4) is 0 Å². The van der Waals surface area contributed by atoms with Crippen LogP contribution in [0, 0.1) is 11.7 Å². The molecule has 25 heavy (non-hydrogen) atoms. The SMILES string of the molecule is CC(C)[C@H](N)C(=O)OC[C@H]1O[C@@H](n2cc(F)c(=O)[nH]c2=O)[C@H](O)[C@@H]1O. The molecular weight excluding hydrogens is 341 g/mol. The Morgan fingerprint density at radius 2 is 2.08 bits per heavy atom. The predicted octanol–water partition coefficient (Wildman–Crippen LogP) is -2.18. The molecular formula is C14H20FN3O7. The first-order valence-electron chi connectivity index (χ1n) is 7.58. The third-order valence-corrected chi connectivity index (χ3v) is 3.92. The smallest absolute Gasteiger partial charge is 0.330 e. The van der Waals surface area contributed by atoms with Gasteiger partial charge in [-0.15, -0.1) is 0 Å². The molecule has 2 rings (SSSR count). The summed E-state index contributed by atoms with van der Waals surface area (Å²) in [5, 5.41) is 20.0. The van der Waals surface area contributed by atoms with E-state index in [0.717, 1.165) is 0 Å². The molecule has 0 saturated carbocycles. The van der Waals surface area contributed by atoms with Crippen LogP contribution in [0.1, 0.15) is 20.1 Å². The Hall–Kier alpha value is -2.08. The number of hydrogen-bond donors (Lipinski definition) is 4. The molecule has 0 aromatic carbocycles. The minimum Gasteiger partial charge on any atom is -0.462 e. The van der Waals surface area contributed by atoms with Crippen molar-refractivity contribution in [2.45, 2.75) is 44.4 Å². The molecule has 11 heteroatoms. The third-order valence-electron chi connectivity index (χ3n) is 3.92. The number of carbonyl (C=O) groups excluding carboxylic acids is 1. The van der Waals surface area contributed by atoms with Gasteiger partial charge in [0.15, 0.2) is 6.23 Å². The topological polar surface area (TPSA) is 157 Å². The monoisotopic (exact) mass is 361 g/mol. The number of esters is 1. The van der Waals surface area contributed by atoms with Gasteiger partial charge < -0.3 is 25.4 Å². The van der Waals surface area contributed by atoms with Crippen LogP contribution in [0.15, 0.2) is 15.8 Å². The van der Waals surface area contributed by atoms with Crippen molar-refractivity contribution >= 4 is 5.97 Å². The molecule has 2 heterocycles. The van der Waals surface area contributed by atoms with Crippen LogP contribution in [0.25, 0.3) is 0 Å². The Kier molecular flexibility index (Phi) is 5.72. The van der Waals surface area contributed by atoms with E-state index in [1.807, 2.05) is 0 Å². The first kappa shape index (κ1) is 19.2. The van der Waals surface area contributed by atoms with Crippen LogP contribution >= 0.6 is 0 Å². The van der Waals surface area contributed by atoms with Gasteiger partial charge in [-0.25, -0.2) is 4.79 Å². The normalized spacial score (nSPS) is 27.5. The van der Waals surface area contributed by atoms with Crippen LogP contribution in [0.4, 0.5) is 4.39 Å². The molecule has 1 aromatic heterocycles. The lowest BCUT2D eigenvalue weighted by Crippen LogP contribution is -2.40. The van der Waals surface area contributed by atoms with E-state index in [2.05, 4.69) is 0 Å². The van der Waals surface area contributed by atoms with Crippen LogP contribution in [0.3, 0.4) is 0 Å². The van der Waals surface area contributed by atoms with Crippen LogP contribution in [0.5, 0.6) is 0 Å². The van der Waals surface area contributed by atoms with E-state index in [1.165, 1.54) is 0 Å². The number of hydrogen-bond acceptors (Lipinski definition) is 8. The van der Waals surface area contributed by atoms with E-state index in [-0.39, 0.29) is 5.92 Å². The zero-order valence-corrected chi connectivity index (χ0v) is 13.6. The number of aliphatic hydroxyl groups is 2. The molecule has 0 spiro atoms. The van der Waals surface area contributed by atoms with Crippen LogP contribution in [-0.2, 0) is 14.3 Å². The van der Waals surface area contributed by atoms with E-state index >= 15 is 0 Å². The molecule has 1 fully saturated rings. The van der Waals surface area contributed by atoms with Crippen molar-refractivity contribution in [2.75, 3.05) is 6.61 Å². The first-order valence-corrected chi connectivity index (χ1v) is 7.58. The number of nitrogens with one attached hydrogen (secondary N) is 1. The molecule has 10 nitrogen and oxygen atoms in total. The maximum atomic E-state index is 13.4. The minimum atomic E-state index is -1.61. The van der Waals surface area contributed by atoms with Gasteiger partial charge in [0.1, 0.15) is 31.0 Å². The molecule has 5 N–H and O–H groups in total. The highest BCUT2D eigenvalue weighted by Crippen LogP contribution is 2.28. The quantitative estimate of drug-likeness (QED) is 0.431. The number of nitrogens with two attached hydrogens (primary N) is 1. The van der Waals surface area contributed by atoms with Gasteiger partial charge in [0, 0.05) is 0 Å². The first-order chi connectivity index (χ1) is 11.6. The van der Waals surface area contributed by atoms with Crippen molar-refractivity contribution in [1.82, 2.24) is 9.55 Å². The van der Waals surface area contributed by atoms with E-state index in [1.54, 1.807) is 18.8 Å². The highest BCUT2D eigenvalue weighted by Gasteiger charge is 2.45. The van der Waals surface area contributed by atoms with E-state index < -0.39 is 60.2 Å². The second-order valence-electron chi connectivity index (χ2n) is 6.09. The van der Waals surface area contributed by atoms with Crippen molar-refractivity contribution in [3.63, 3.8) is 0 Å². The summed E-state index contributed by atoms with van der Waals surface area (Å²) in [6, 6.07) is -0.866. The van der Waals surface area contributed by atoms with Gasteiger partial charge in [0.2, 0.25) is 5.82 Å². The highest BCUT2D eigenvalue weighted by molar-refractivity contribution is 5.75. The van der Waals surface area contributed by atoms with E-state index in [4.69, 9.17) is 15.2 Å². The molecule has 0 aliphatic carbocycles. The molecule has 0 radical (unpaired) electrons. The summed E-state index contributed by atoms with van der Waals surface area (Å²) in [6.45, 7) is 3.03. The van der Waals surface area contributed by atoms with Crippen LogP contribution in [-0.4, -0.2) is 56.7 Å². The Morgan fingerprint density at radius 3 is 2.68 bits per heavy atom. The average Bonchev–Trinajstić information content (AvgIpc) is 2.83. The molecule has 1 aliphatic rings. The fraction of sp³-hybridized carbons (Fsp3) is 0.643. The summed E-state index contributed by atoms with van der Waals surface area (Å²) in [6.07, 6.45) is -5.17. The molecule has 140 valence electrons. The van der Waals surface area contributed by atoms with Crippen molar-refractivity contribution in [1.29, 1.82) is 0 Å². The van der Waals surface area contributed by atoms with Gasteiger partial charge in [-0.3, -0.25) is 19.1 Å². The number of ether oxygens (including phenoxy) is 2. The lowest BCUT2D eigenvalue weighted by atomic mass is 10.1. The third kappa shape index (κ3) is 3.95. The Morgan fingerprint density at radius 1 is 1.44 bits per heavy atom. The van der Waals surface area contributed by atoms with Gasteiger partial charge in [-0.05, 0) is 5.92 Å². The Bertz CT molecular complexity index is 747. The zero-order valence-electron chi connectivity index (χ0n) is 13.6. The van der Waals surface area contributed by atoms with Crippen molar-refractivity contribution in [2.24, 2.45) is 11.7 Å². The summed E-state index contributed by atoms with van der Waals surface area (Å²) in [4.78, 5) is 36.2. The average molecular weight is 361 g/mol. The summed E-state index contributed by atoms with van der Waals surface area (Å²) in [7, 11) is 0. The molecule has 1 saturated heterocycles. The largest absolute Gasteiger partial charge is 0.462 e. The van der Waals surface area contributed by atoms with Gasteiger partial charge in [0.05, 0.1) is 6.20 Å². The van der Waals surface area contributed by atoms with Gasteiger partial charge in [-0.2, -0.15) is 4.39 Å². The molecule has 0 amide bonds. The summed E-state index contributed by atoms with van der Waals surface area (Å²) in [5.41, 5.74) is 3.38. The minimum absolute atomic E-state index is 0.164. The Labute approximate surface area is 141 Å². The predicted molar refractivity (Wildman–Crippen MR) is 81.0 cm³/mol. The van der Waals surface area contributed by atoms with Crippen molar-refractivity contribution in [3.05, 3.63) is 32.9 Å². The van der Waals surface area contributed by atoms with Crippen LogP contribution < -0.4 is 17.0 Å². The summed E-state index contributed by atoms with van der Waals surface area (Å²) in [5.74, 6) is -2.14. The lowest BCUT2D eigenvalue weighted by Gasteiger charge is -2.18. The number of aromatic nitrogens is 2. The van der Waals surface area contributed by atoms with E-state index in [9.17, 15) is 29.0 Å². The highest BCUT2D eigenvalue weighted by atomic mass is 19.1. The number of aromatic amines is 1. The molecule has 1 aromatic rings. The summed E-state index contributed by atoms with van der Waals surface area (Å²) < 4.78 is 24.2. The lowest BCUT2D eigenvalue weighted by molar-refractivity contribution is -0.152. The van der Waals surface area contributed by atoms with Gasteiger partial charge in [-0.1, -0.05) is 13.8 Å². The molecule has 0 bridgehead atoms. The fourth-order valence-corrected chi connectivity index (χ4v) is 2.28. The number of aliphatic hydroxyl groups excluding tert-OH is 2. The van der Waals surface area contributed by atoms with Gasteiger partial charge >= 0.3 is 11.7 Å². The zero-order chi connectivity index (χ0) is 18.9. The van der Waals surface area contributed by atoms with Crippen molar-refractivity contribution < 1.29 is 28.9 Å². The second-order valence-corrected chi connectivity index (χ2v) is 6.09. The number of nitrogens with zero attached hydrogens (tertiary/aromatic N) is 1. The maximum Gasteiger partial charge on any atom is 0.330 e. The summed E-state index contributed by atoms with van der Waals surface area (Å²) >= 11 is 0. The maximum absolute atomic E-state index is 13.4. The van der Waals surface area contributed by atoms with E-state index in [0.29, 0.717) is 10.8 Å². The molecule has 1 aliphatic heterocycles. The van der Waals surface area contributed by atoms with Gasteiger partial charge in [0.25, 0.3) is 5.56 Å². The standard InChI is InChI=1S/C14H20FN3O7/c1-5(2)8(16)13(22)24-4-7-9(19)10(20)12(25-7)18-3-6(15)11(21)17-14(18)23/h3,5,7-10,12,19-20H,4,16H2,1-2H3,(H,17,21,23)/t7-,8+,9-,10-,12-/m1/s1. The fourth-order valence-electron chi connectivity index (χ4n) is 2.28. The Balaban J connectivity index is 2.11. The number of carbonyl (C=O) groups is 1. The number of H-pyrrole nitrogens is 1.